The zero-order chi connectivity index (χ0) is 34.5. The molecule has 3 aliphatic rings. The summed E-state index contributed by atoms with van der Waals surface area (Å²) in [7, 11) is 1.30. The van der Waals surface area contributed by atoms with Gasteiger partial charge in [0.25, 0.3) is 0 Å². The number of nitrogens with one attached hydrogen (secondary N) is 4. The van der Waals surface area contributed by atoms with Gasteiger partial charge in [-0.05, 0) is 60.4 Å². The van der Waals surface area contributed by atoms with Crippen LogP contribution >= 0.6 is 0 Å². The molecule has 12 nitrogen and oxygen atoms in total. The van der Waals surface area contributed by atoms with Crippen molar-refractivity contribution in [3.8, 4) is 22.4 Å². The summed E-state index contributed by atoms with van der Waals surface area (Å²) in [4.78, 5) is 54.9. The van der Waals surface area contributed by atoms with Crippen molar-refractivity contribution >= 4 is 23.7 Å². The molecule has 49 heavy (non-hydrogen) atoms. The molecule has 3 aromatic rings. The van der Waals surface area contributed by atoms with Crippen molar-refractivity contribution in [2.45, 2.75) is 70.6 Å². The number of aromatic nitrogens is 2. The predicted molar refractivity (Wildman–Crippen MR) is 189 cm³/mol. The van der Waals surface area contributed by atoms with Crippen molar-refractivity contribution in [2.24, 2.45) is 10.9 Å². The summed E-state index contributed by atoms with van der Waals surface area (Å²) < 4.78 is 4.76. The molecule has 0 saturated carbocycles. The van der Waals surface area contributed by atoms with Crippen molar-refractivity contribution < 1.29 is 19.1 Å². The number of nitrogens with zero attached hydrogens (tertiary/aromatic N) is 4. The number of H-pyrrole nitrogens is 1. The van der Waals surface area contributed by atoms with E-state index in [1.165, 1.54) is 7.11 Å². The number of hydrogen-bond donors (Lipinski definition) is 4. The van der Waals surface area contributed by atoms with Gasteiger partial charge in [0.05, 0.1) is 50.2 Å². The number of likely N-dealkylation sites (N-methyl/N-ethyl adjacent to an activating group) is 1. The molecule has 3 aliphatic heterocycles. The van der Waals surface area contributed by atoms with Crippen molar-refractivity contribution in [3.05, 3.63) is 66.1 Å². The molecule has 0 radical (unpaired) electrons. The molecule has 6 rings (SSSR count). The zero-order valence-electron chi connectivity index (χ0n) is 28.9. The Labute approximate surface area is 288 Å². The summed E-state index contributed by atoms with van der Waals surface area (Å²) in [6, 6.07) is 16.2. The van der Waals surface area contributed by atoms with Crippen molar-refractivity contribution in [3.63, 3.8) is 0 Å². The highest BCUT2D eigenvalue weighted by molar-refractivity contribution is 5.95. The largest absolute Gasteiger partial charge is 0.453 e. The second-order valence-corrected chi connectivity index (χ2v) is 13.4. The van der Waals surface area contributed by atoms with Crippen LogP contribution in [-0.2, 0) is 14.3 Å². The lowest BCUT2D eigenvalue weighted by Gasteiger charge is -2.31. The van der Waals surface area contributed by atoms with Crippen LogP contribution in [0, 0.1) is 5.92 Å². The summed E-state index contributed by atoms with van der Waals surface area (Å²) in [5.74, 6) is 1.61. The number of likely N-dealkylation sites (tertiary alicyclic amines) is 2. The smallest absolute Gasteiger partial charge is 0.407 e. The van der Waals surface area contributed by atoms with E-state index in [0.717, 1.165) is 78.4 Å². The Morgan fingerprint density at radius 3 is 2.27 bits per heavy atom. The molecular weight excluding hydrogens is 620 g/mol. The van der Waals surface area contributed by atoms with Crippen molar-refractivity contribution in [2.75, 3.05) is 39.8 Å². The third-order valence-electron chi connectivity index (χ3n) is 9.86. The van der Waals surface area contributed by atoms with Crippen LogP contribution in [0.4, 0.5) is 4.79 Å². The van der Waals surface area contributed by atoms with Crippen LogP contribution in [0.25, 0.3) is 22.4 Å². The fourth-order valence-corrected chi connectivity index (χ4v) is 7.13. The van der Waals surface area contributed by atoms with Gasteiger partial charge in [-0.25, -0.2) is 9.78 Å². The number of aliphatic imine (C=N–C) groups is 1. The van der Waals surface area contributed by atoms with Crippen LogP contribution in [0.2, 0.25) is 0 Å². The molecule has 2 fully saturated rings. The fourth-order valence-electron chi connectivity index (χ4n) is 7.13. The highest BCUT2D eigenvalue weighted by Crippen LogP contribution is 2.33. The number of methoxy groups -OCH3 is 1. The van der Waals surface area contributed by atoms with Gasteiger partial charge in [0.15, 0.2) is 0 Å². The number of rotatable bonds is 11. The van der Waals surface area contributed by atoms with Crippen LogP contribution in [0.1, 0.15) is 69.9 Å². The maximum atomic E-state index is 13.5. The average Bonchev–Trinajstić information content (AvgIpc) is 3.95. The Morgan fingerprint density at radius 2 is 1.59 bits per heavy atom. The number of ether oxygens (including phenoxy) is 1. The standard InChI is InChI=1S/C37H48N8O4/c1-5-38-22-32(46)44-18-6-8-30(44)34-39-20-28(41-34)26-14-10-24(11-15-26)25-12-16-27(17-13-25)29-21-40-35(42-29)31-9-7-19-45(31)36(47)33(23(2)3)43-37(48)49-4/h10-17,20,23,29-31,33,38H,5-9,18-19,21-22H2,1-4H3,(H,39,41)(H,40,42)(H,43,48)/t29?,30-,31-,33-/m0/s1. The fraction of sp³-hybridized carbons (Fsp3) is 0.486. The Morgan fingerprint density at radius 1 is 0.939 bits per heavy atom. The van der Waals surface area contributed by atoms with Crippen LogP contribution < -0.4 is 16.0 Å². The number of imidazole rings is 1. The number of alkyl carbamates (subject to hydrolysis) is 1. The third kappa shape index (κ3) is 7.49. The van der Waals surface area contributed by atoms with E-state index < -0.39 is 12.1 Å². The first kappa shape index (κ1) is 34.2. The quantitative estimate of drug-likeness (QED) is 0.237. The zero-order valence-corrected chi connectivity index (χ0v) is 28.9. The van der Waals surface area contributed by atoms with Crippen molar-refractivity contribution in [1.29, 1.82) is 0 Å². The summed E-state index contributed by atoms with van der Waals surface area (Å²) in [5.41, 5.74) is 5.35. The molecule has 260 valence electrons. The highest BCUT2D eigenvalue weighted by atomic mass is 16.5. The molecule has 3 amide bonds. The number of amides is 3. The molecule has 2 aromatic carbocycles. The third-order valence-corrected chi connectivity index (χ3v) is 9.86. The Balaban J connectivity index is 1.06. The van der Waals surface area contributed by atoms with E-state index in [1.807, 2.05) is 36.8 Å². The van der Waals surface area contributed by atoms with E-state index in [1.54, 1.807) is 0 Å². The van der Waals surface area contributed by atoms with Crippen LogP contribution in [-0.4, -0.2) is 95.4 Å². The Kier molecular flexibility index (Phi) is 10.6. The van der Waals surface area contributed by atoms with Gasteiger partial charge >= 0.3 is 6.09 Å². The lowest BCUT2D eigenvalue weighted by Crippen LogP contribution is -2.54. The second-order valence-electron chi connectivity index (χ2n) is 13.4. The molecule has 1 aromatic heterocycles. The average molecular weight is 669 g/mol. The SMILES string of the molecule is CCNCC(=O)N1CCC[C@H]1c1ncc(-c2ccc(-c3ccc(C4CN=C([C@@H]5CCCN5C(=O)[C@@H](NC(=O)OC)C(C)C)N4)cc3)cc2)[nH]1. The van der Waals surface area contributed by atoms with Gasteiger partial charge in [-0.15, -0.1) is 0 Å². The van der Waals surface area contributed by atoms with Gasteiger partial charge in [0.2, 0.25) is 11.8 Å². The molecule has 0 bridgehead atoms. The van der Waals surface area contributed by atoms with Gasteiger partial charge in [-0.3, -0.25) is 14.6 Å². The lowest BCUT2D eigenvalue weighted by atomic mass is 9.99. The summed E-state index contributed by atoms with van der Waals surface area (Å²) in [6.07, 6.45) is 4.87. The monoisotopic (exact) mass is 668 g/mol. The molecule has 12 heteroatoms. The van der Waals surface area contributed by atoms with Crippen LogP contribution in [0.3, 0.4) is 0 Å². The lowest BCUT2D eigenvalue weighted by molar-refractivity contribution is -0.134. The van der Waals surface area contributed by atoms with E-state index >= 15 is 0 Å². The predicted octanol–water partition coefficient (Wildman–Crippen LogP) is 4.43. The Bertz CT molecular complexity index is 1650. The summed E-state index contributed by atoms with van der Waals surface area (Å²) in [6.45, 7) is 8.96. The summed E-state index contributed by atoms with van der Waals surface area (Å²) in [5, 5.41) is 9.44. The van der Waals surface area contributed by atoms with Crippen molar-refractivity contribution in [1.82, 2.24) is 35.7 Å². The molecule has 1 unspecified atom stereocenters. The first-order valence-electron chi connectivity index (χ1n) is 17.5. The maximum Gasteiger partial charge on any atom is 0.407 e. The van der Waals surface area contributed by atoms with Crippen LogP contribution in [0.5, 0.6) is 0 Å². The van der Waals surface area contributed by atoms with E-state index in [-0.39, 0.29) is 35.9 Å². The number of hydrogen-bond acceptors (Lipinski definition) is 8. The second kappa shape index (κ2) is 15.2. The summed E-state index contributed by atoms with van der Waals surface area (Å²) >= 11 is 0. The minimum atomic E-state index is -0.655. The van der Waals surface area contributed by atoms with Crippen LogP contribution in [0.15, 0.2) is 59.7 Å². The molecule has 4 atom stereocenters. The van der Waals surface area contributed by atoms with E-state index in [2.05, 4.69) is 74.4 Å². The minimum Gasteiger partial charge on any atom is -0.453 e. The van der Waals surface area contributed by atoms with Gasteiger partial charge < -0.3 is 35.5 Å². The minimum absolute atomic E-state index is 0.0133. The molecule has 0 spiro atoms. The molecule has 4 N–H and O–H groups in total. The topological polar surface area (TPSA) is 144 Å². The molecule has 0 aliphatic carbocycles. The van der Waals surface area contributed by atoms with Gasteiger partial charge in [-0.1, -0.05) is 69.3 Å². The number of carbonyl (C=O) groups is 3. The van der Waals surface area contributed by atoms with Gasteiger partial charge in [0, 0.05) is 13.1 Å². The number of amidine groups is 1. The first-order chi connectivity index (χ1) is 23.8. The Hall–Kier alpha value is -4.71. The number of aromatic amines is 1. The van der Waals surface area contributed by atoms with E-state index in [0.29, 0.717) is 19.6 Å². The molecule has 2 saturated heterocycles. The highest BCUT2D eigenvalue weighted by Gasteiger charge is 2.39. The van der Waals surface area contributed by atoms with E-state index in [4.69, 9.17) is 9.73 Å². The van der Waals surface area contributed by atoms with Gasteiger partial charge in [0.1, 0.15) is 17.7 Å². The maximum absolute atomic E-state index is 13.5. The molecule has 4 heterocycles. The van der Waals surface area contributed by atoms with E-state index in [9.17, 15) is 14.4 Å². The van der Waals surface area contributed by atoms with Gasteiger partial charge in [-0.2, -0.15) is 0 Å². The number of carbonyl (C=O) groups excluding carboxylic acids is 3. The number of benzene rings is 2. The first-order valence-corrected chi connectivity index (χ1v) is 17.5. The molecular formula is C37H48N8O4. The normalized spacial score (nSPS) is 21.1.